The van der Waals surface area contributed by atoms with Crippen LogP contribution < -0.4 is 5.73 Å². The molecule has 0 heterocycles. The predicted octanol–water partition coefficient (Wildman–Crippen LogP) is 2.73. The van der Waals surface area contributed by atoms with E-state index in [-0.39, 0.29) is 12.4 Å². The van der Waals surface area contributed by atoms with Crippen LogP contribution in [0.5, 0.6) is 0 Å². The van der Waals surface area contributed by atoms with Crippen LogP contribution in [0.3, 0.4) is 0 Å². The van der Waals surface area contributed by atoms with Gasteiger partial charge in [0.25, 0.3) is 0 Å². The quantitative estimate of drug-likeness (QED) is 0.690. The van der Waals surface area contributed by atoms with Crippen molar-refractivity contribution in [2.45, 2.75) is 51.5 Å². The van der Waals surface area contributed by atoms with Crippen LogP contribution in [0.15, 0.2) is 0 Å². The van der Waals surface area contributed by atoms with Gasteiger partial charge in [0.2, 0.25) is 0 Å². The second-order valence-electron chi connectivity index (χ2n) is 3.50. The van der Waals surface area contributed by atoms with Gasteiger partial charge in [-0.05, 0) is 25.2 Å². The highest BCUT2D eigenvalue weighted by molar-refractivity contribution is 5.85. The van der Waals surface area contributed by atoms with Crippen molar-refractivity contribution in [1.29, 1.82) is 0 Å². The molecule has 1 aliphatic rings. The van der Waals surface area contributed by atoms with Crippen LogP contribution in [0, 0.1) is 5.92 Å². The first kappa shape index (κ1) is 11.2. The molecule has 0 unspecified atom stereocenters. The summed E-state index contributed by atoms with van der Waals surface area (Å²) < 4.78 is 0. The molecule has 2 heteroatoms. The first-order valence-corrected chi connectivity index (χ1v) is 4.60. The summed E-state index contributed by atoms with van der Waals surface area (Å²) in [5.74, 6) is 0.846. The Morgan fingerprint density at radius 3 is 2.45 bits per heavy atom. The van der Waals surface area contributed by atoms with Crippen LogP contribution in [0.4, 0.5) is 0 Å². The first-order chi connectivity index (χ1) is 4.84. The van der Waals surface area contributed by atoms with Crippen LogP contribution >= 0.6 is 12.4 Å². The lowest BCUT2D eigenvalue weighted by atomic mass is 9.82. The molecule has 0 amide bonds. The van der Waals surface area contributed by atoms with Crippen molar-refractivity contribution in [3.05, 3.63) is 0 Å². The first-order valence-electron chi connectivity index (χ1n) is 4.60. The molecule has 0 aromatic rings. The topological polar surface area (TPSA) is 26.0 Å². The Bertz CT molecular complexity index is 93.6. The van der Waals surface area contributed by atoms with Gasteiger partial charge in [-0.3, -0.25) is 0 Å². The van der Waals surface area contributed by atoms with Crippen molar-refractivity contribution >= 4 is 12.4 Å². The van der Waals surface area contributed by atoms with Crippen molar-refractivity contribution < 1.29 is 0 Å². The van der Waals surface area contributed by atoms with E-state index >= 15 is 0 Å². The summed E-state index contributed by atoms with van der Waals surface area (Å²) >= 11 is 0. The Morgan fingerprint density at radius 1 is 1.27 bits per heavy atom. The highest BCUT2D eigenvalue weighted by atomic mass is 35.5. The standard InChI is InChI=1S/C9H19N.ClH/c1-2-5-8-6-3-4-7-9(8)10;/h8-9H,2-7,10H2,1H3;1H/t8-,9-;/m1./s1. The van der Waals surface area contributed by atoms with Crippen molar-refractivity contribution in [3.8, 4) is 0 Å². The van der Waals surface area contributed by atoms with Crippen LogP contribution in [0.2, 0.25) is 0 Å². The van der Waals surface area contributed by atoms with Gasteiger partial charge in [0.05, 0.1) is 0 Å². The zero-order valence-corrected chi connectivity index (χ0v) is 8.20. The van der Waals surface area contributed by atoms with Gasteiger partial charge in [-0.1, -0.05) is 26.2 Å². The van der Waals surface area contributed by atoms with E-state index in [2.05, 4.69) is 6.92 Å². The molecule has 1 aliphatic carbocycles. The maximum Gasteiger partial charge on any atom is 0.00671 e. The summed E-state index contributed by atoms with van der Waals surface area (Å²) in [5, 5.41) is 0. The summed E-state index contributed by atoms with van der Waals surface area (Å²) in [7, 11) is 0. The molecule has 1 nitrogen and oxygen atoms in total. The highest BCUT2D eigenvalue weighted by Crippen LogP contribution is 2.26. The Morgan fingerprint density at radius 2 is 1.91 bits per heavy atom. The number of halogens is 1. The molecule has 0 aromatic heterocycles. The Balaban J connectivity index is 0.000001000. The fraction of sp³-hybridized carbons (Fsp3) is 1.00. The third-order valence-electron chi connectivity index (χ3n) is 2.63. The molecule has 1 saturated carbocycles. The van der Waals surface area contributed by atoms with E-state index in [4.69, 9.17) is 5.73 Å². The molecule has 2 N–H and O–H groups in total. The van der Waals surface area contributed by atoms with E-state index in [0.29, 0.717) is 6.04 Å². The number of rotatable bonds is 2. The number of hydrogen-bond donors (Lipinski definition) is 1. The maximum absolute atomic E-state index is 5.97. The van der Waals surface area contributed by atoms with E-state index in [0.717, 1.165) is 5.92 Å². The largest absolute Gasteiger partial charge is 0.327 e. The van der Waals surface area contributed by atoms with E-state index in [1.165, 1.54) is 38.5 Å². The van der Waals surface area contributed by atoms with Gasteiger partial charge in [-0.25, -0.2) is 0 Å². The molecule has 1 rings (SSSR count). The van der Waals surface area contributed by atoms with E-state index in [9.17, 15) is 0 Å². The van der Waals surface area contributed by atoms with Crippen molar-refractivity contribution in [1.82, 2.24) is 0 Å². The molecule has 11 heavy (non-hydrogen) atoms. The molecule has 1 fully saturated rings. The minimum atomic E-state index is 0. The van der Waals surface area contributed by atoms with E-state index < -0.39 is 0 Å². The predicted molar refractivity (Wildman–Crippen MR) is 52.1 cm³/mol. The Hall–Kier alpha value is 0.250. The second kappa shape index (κ2) is 5.84. The molecular formula is C9H20ClN. The van der Waals surface area contributed by atoms with Crippen LogP contribution in [0.25, 0.3) is 0 Å². The molecule has 68 valence electrons. The van der Waals surface area contributed by atoms with Gasteiger partial charge in [-0.2, -0.15) is 0 Å². The summed E-state index contributed by atoms with van der Waals surface area (Å²) in [6.45, 7) is 2.25. The molecule has 0 saturated heterocycles. The van der Waals surface area contributed by atoms with Crippen molar-refractivity contribution in [2.24, 2.45) is 11.7 Å². The van der Waals surface area contributed by atoms with Crippen molar-refractivity contribution in [3.63, 3.8) is 0 Å². The summed E-state index contributed by atoms with van der Waals surface area (Å²) in [6.07, 6.45) is 8.08. The van der Waals surface area contributed by atoms with Crippen molar-refractivity contribution in [2.75, 3.05) is 0 Å². The third-order valence-corrected chi connectivity index (χ3v) is 2.63. The van der Waals surface area contributed by atoms with Crippen LogP contribution in [0.1, 0.15) is 45.4 Å². The minimum Gasteiger partial charge on any atom is -0.327 e. The molecular weight excluding hydrogens is 158 g/mol. The minimum absolute atomic E-state index is 0. The number of hydrogen-bond acceptors (Lipinski definition) is 1. The van der Waals surface area contributed by atoms with Gasteiger partial charge in [0.15, 0.2) is 0 Å². The molecule has 0 spiro atoms. The maximum atomic E-state index is 5.97. The second-order valence-corrected chi connectivity index (χ2v) is 3.50. The average molecular weight is 178 g/mol. The fourth-order valence-electron chi connectivity index (χ4n) is 1.97. The molecule has 0 bridgehead atoms. The monoisotopic (exact) mass is 177 g/mol. The Labute approximate surface area is 76.1 Å². The molecule has 0 aliphatic heterocycles. The third kappa shape index (κ3) is 3.44. The SMILES string of the molecule is CCC[C@@H]1CCCC[C@H]1N.Cl. The fourth-order valence-corrected chi connectivity index (χ4v) is 1.97. The molecule has 0 aromatic carbocycles. The molecule has 2 atom stereocenters. The summed E-state index contributed by atoms with van der Waals surface area (Å²) in [4.78, 5) is 0. The van der Waals surface area contributed by atoms with Gasteiger partial charge >= 0.3 is 0 Å². The van der Waals surface area contributed by atoms with Gasteiger partial charge in [-0.15, -0.1) is 12.4 Å². The van der Waals surface area contributed by atoms with Gasteiger partial charge in [0.1, 0.15) is 0 Å². The highest BCUT2D eigenvalue weighted by Gasteiger charge is 2.19. The number of nitrogens with two attached hydrogens (primary N) is 1. The normalized spacial score (nSPS) is 31.1. The average Bonchev–Trinajstić information content (AvgIpc) is 1.94. The molecule has 0 radical (unpaired) electrons. The van der Waals surface area contributed by atoms with Crippen LogP contribution in [-0.4, -0.2) is 6.04 Å². The lowest BCUT2D eigenvalue weighted by molar-refractivity contribution is 0.290. The van der Waals surface area contributed by atoms with E-state index in [1.54, 1.807) is 0 Å². The van der Waals surface area contributed by atoms with Gasteiger partial charge < -0.3 is 5.73 Å². The smallest absolute Gasteiger partial charge is 0.00671 e. The lowest BCUT2D eigenvalue weighted by Gasteiger charge is -2.27. The van der Waals surface area contributed by atoms with E-state index in [1.807, 2.05) is 0 Å². The zero-order valence-electron chi connectivity index (χ0n) is 7.38. The summed E-state index contributed by atoms with van der Waals surface area (Å²) in [6, 6.07) is 0.522. The lowest BCUT2D eigenvalue weighted by Crippen LogP contribution is -2.32. The zero-order chi connectivity index (χ0) is 7.40. The Kier molecular flexibility index (Phi) is 5.98. The summed E-state index contributed by atoms with van der Waals surface area (Å²) in [5.41, 5.74) is 5.97. The van der Waals surface area contributed by atoms with Crippen LogP contribution in [-0.2, 0) is 0 Å². The van der Waals surface area contributed by atoms with Gasteiger partial charge in [0, 0.05) is 6.04 Å².